The van der Waals surface area contributed by atoms with E-state index >= 15 is 0 Å². The fraction of sp³-hybridized carbons (Fsp3) is 0.154. The molecule has 0 unspecified atom stereocenters. The summed E-state index contributed by atoms with van der Waals surface area (Å²) < 4.78 is 1.02. The lowest BCUT2D eigenvalue weighted by molar-refractivity contribution is 1.34. The first kappa shape index (κ1) is 15.2. The third kappa shape index (κ3) is 3.29. The van der Waals surface area contributed by atoms with Crippen molar-refractivity contribution in [2.24, 2.45) is 9.98 Å². The zero-order valence-corrected chi connectivity index (χ0v) is 13.9. The number of hydrogen-bond acceptors (Lipinski definition) is 3. The van der Waals surface area contributed by atoms with Crippen LogP contribution in [0.1, 0.15) is 11.1 Å². The van der Waals surface area contributed by atoms with Crippen LogP contribution < -0.4 is 5.32 Å². The molecule has 104 valence electrons. The summed E-state index contributed by atoms with van der Waals surface area (Å²) >= 11 is 15.1. The summed E-state index contributed by atoms with van der Waals surface area (Å²) in [6.07, 6.45) is 1.62. The van der Waals surface area contributed by atoms with E-state index in [2.05, 4.69) is 31.2 Å². The largest absolute Gasteiger partial charge is 0.360 e. The van der Waals surface area contributed by atoms with Gasteiger partial charge < -0.3 is 5.32 Å². The Labute approximate surface area is 135 Å². The van der Waals surface area contributed by atoms with Crippen LogP contribution in [0.25, 0.3) is 0 Å². The molecular weight excluding hydrogens is 363 g/mol. The molecule has 0 radical (unpaired) electrons. The van der Waals surface area contributed by atoms with Crippen LogP contribution >= 0.6 is 39.1 Å². The molecule has 0 aromatic heterocycles. The van der Waals surface area contributed by atoms with Gasteiger partial charge in [0.15, 0.2) is 5.84 Å². The van der Waals surface area contributed by atoms with E-state index in [1.807, 2.05) is 26.0 Å². The fourth-order valence-corrected chi connectivity index (χ4v) is 2.95. The van der Waals surface area contributed by atoms with Gasteiger partial charge in [-0.25, -0.2) is 4.99 Å². The summed E-state index contributed by atoms with van der Waals surface area (Å²) in [5.41, 5.74) is 3.51. The lowest BCUT2D eigenvalue weighted by Crippen LogP contribution is -2.14. The first-order valence-electron chi connectivity index (χ1n) is 5.69. The third-order valence-corrected chi connectivity index (χ3v) is 3.65. The molecule has 2 N–H and O–H groups in total. The number of rotatable bonds is 2. The molecule has 0 spiro atoms. The van der Waals surface area contributed by atoms with Gasteiger partial charge in [-0.05, 0) is 48.7 Å². The van der Waals surface area contributed by atoms with Crippen LogP contribution in [0, 0.1) is 19.3 Å². The number of nitrogens with zero attached hydrogens (tertiary/aromatic N) is 2. The normalized spacial score (nSPS) is 17.1. The Hall–Kier alpha value is -1.17. The number of nitrogens with one attached hydrogen (secondary N) is 2. The lowest BCUT2D eigenvalue weighted by Gasteiger charge is -2.13. The first-order valence-corrected chi connectivity index (χ1v) is 7.24. The average molecular weight is 374 g/mol. The second kappa shape index (κ2) is 6.08. The van der Waals surface area contributed by atoms with Gasteiger partial charge in [-0.3, -0.25) is 5.41 Å². The Morgan fingerprint density at radius 1 is 1.20 bits per heavy atom. The molecule has 1 aromatic carbocycles. The van der Waals surface area contributed by atoms with Crippen LogP contribution in [-0.2, 0) is 0 Å². The van der Waals surface area contributed by atoms with Gasteiger partial charge in [-0.1, -0.05) is 27.5 Å². The van der Waals surface area contributed by atoms with Crippen molar-refractivity contribution in [3.05, 3.63) is 39.5 Å². The highest BCUT2D eigenvalue weighted by Gasteiger charge is 2.17. The standard InChI is InChI=1S/C13H11BrCl2N4/c1-6-3-8(14)4-7(2)10(6)18-5-9-11(15)19-13(16)20-12(9)17/h3-5,17-18H,1-2H3/b9-5-,17-12?. The number of hydrogen-bond donors (Lipinski definition) is 2. The topological polar surface area (TPSA) is 60.6 Å². The maximum absolute atomic E-state index is 7.76. The Kier molecular flexibility index (Phi) is 4.62. The van der Waals surface area contributed by atoms with Crippen LogP contribution in [0.3, 0.4) is 0 Å². The molecule has 0 saturated carbocycles. The quantitative estimate of drug-likeness (QED) is 0.732. The Morgan fingerprint density at radius 3 is 2.35 bits per heavy atom. The van der Waals surface area contributed by atoms with E-state index in [9.17, 15) is 0 Å². The smallest absolute Gasteiger partial charge is 0.225 e. The van der Waals surface area contributed by atoms with Gasteiger partial charge in [0.2, 0.25) is 5.29 Å². The number of aryl methyl sites for hydroxylation is 2. The van der Waals surface area contributed by atoms with Gasteiger partial charge in [0, 0.05) is 16.4 Å². The molecule has 1 aliphatic rings. The number of aliphatic imine (C=N–C) groups is 2. The second-order valence-electron chi connectivity index (χ2n) is 4.25. The molecule has 0 bridgehead atoms. The van der Waals surface area contributed by atoms with E-state index in [1.165, 1.54) is 0 Å². The highest BCUT2D eigenvalue weighted by Crippen LogP contribution is 2.25. The van der Waals surface area contributed by atoms with Crippen molar-refractivity contribution in [1.82, 2.24) is 0 Å². The Balaban J connectivity index is 2.31. The molecule has 0 saturated heterocycles. The predicted octanol–water partition coefficient (Wildman–Crippen LogP) is 4.58. The Bertz CT molecular complexity index is 654. The summed E-state index contributed by atoms with van der Waals surface area (Å²) in [5, 5.41) is 11.0. The molecular formula is C13H11BrCl2N4. The zero-order valence-electron chi connectivity index (χ0n) is 10.8. The average Bonchev–Trinajstić information content (AvgIpc) is 2.30. The molecule has 0 fully saturated rings. The van der Waals surface area contributed by atoms with Crippen LogP contribution in [-0.4, -0.2) is 16.3 Å². The second-order valence-corrected chi connectivity index (χ2v) is 5.86. The lowest BCUT2D eigenvalue weighted by atomic mass is 10.1. The van der Waals surface area contributed by atoms with Gasteiger partial charge in [0.05, 0.1) is 5.57 Å². The predicted molar refractivity (Wildman–Crippen MR) is 89.6 cm³/mol. The molecule has 20 heavy (non-hydrogen) atoms. The van der Waals surface area contributed by atoms with Crippen LogP contribution in [0.15, 0.2) is 38.4 Å². The Morgan fingerprint density at radius 2 is 1.80 bits per heavy atom. The highest BCUT2D eigenvalue weighted by atomic mass is 79.9. The van der Waals surface area contributed by atoms with Crippen molar-refractivity contribution in [3.8, 4) is 0 Å². The first-order chi connectivity index (χ1) is 9.38. The summed E-state index contributed by atoms with van der Waals surface area (Å²) in [7, 11) is 0. The van der Waals surface area contributed by atoms with E-state index in [0.29, 0.717) is 5.57 Å². The molecule has 2 rings (SSSR count). The molecule has 0 atom stereocenters. The summed E-state index contributed by atoms with van der Waals surface area (Å²) in [5.74, 6) is -0.0186. The van der Waals surface area contributed by atoms with E-state index < -0.39 is 0 Å². The van der Waals surface area contributed by atoms with E-state index in [1.54, 1.807) is 6.20 Å². The summed E-state index contributed by atoms with van der Waals surface area (Å²) in [4.78, 5) is 7.59. The third-order valence-electron chi connectivity index (χ3n) is 2.73. The molecule has 0 amide bonds. The minimum Gasteiger partial charge on any atom is -0.360 e. The van der Waals surface area contributed by atoms with Crippen molar-refractivity contribution in [3.63, 3.8) is 0 Å². The fourth-order valence-electron chi connectivity index (χ4n) is 1.83. The van der Waals surface area contributed by atoms with E-state index in [0.717, 1.165) is 21.3 Å². The number of amidine groups is 2. The van der Waals surface area contributed by atoms with Gasteiger partial charge >= 0.3 is 0 Å². The molecule has 0 aliphatic carbocycles. The molecule has 1 aromatic rings. The van der Waals surface area contributed by atoms with Crippen molar-refractivity contribution < 1.29 is 0 Å². The molecule has 7 heteroatoms. The highest BCUT2D eigenvalue weighted by molar-refractivity contribution is 9.10. The van der Waals surface area contributed by atoms with Gasteiger partial charge in [-0.15, -0.1) is 0 Å². The maximum atomic E-state index is 7.76. The van der Waals surface area contributed by atoms with Crippen molar-refractivity contribution in [2.75, 3.05) is 5.32 Å². The minimum absolute atomic E-state index is 0.0186. The molecule has 1 heterocycles. The number of halogens is 3. The SMILES string of the molecule is Cc1cc(Br)cc(C)c1N/C=C1\C(=N)N=C(Cl)N=C1Cl. The van der Waals surface area contributed by atoms with Gasteiger partial charge in [0.25, 0.3) is 0 Å². The van der Waals surface area contributed by atoms with Crippen LogP contribution in [0.2, 0.25) is 0 Å². The summed E-state index contributed by atoms with van der Waals surface area (Å²) in [6.45, 7) is 3.99. The van der Waals surface area contributed by atoms with Gasteiger partial charge in [-0.2, -0.15) is 4.99 Å². The summed E-state index contributed by atoms with van der Waals surface area (Å²) in [6, 6.07) is 4.01. The van der Waals surface area contributed by atoms with Crippen molar-refractivity contribution >= 4 is 61.1 Å². The zero-order chi connectivity index (χ0) is 14.9. The monoisotopic (exact) mass is 372 g/mol. The molecule has 1 aliphatic heterocycles. The van der Waals surface area contributed by atoms with E-state index in [-0.39, 0.29) is 16.3 Å². The minimum atomic E-state index is -0.0341. The van der Waals surface area contributed by atoms with Crippen molar-refractivity contribution in [2.45, 2.75) is 13.8 Å². The van der Waals surface area contributed by atoms with E-state index in [4.69, 9.17) is 28.6 Å². The number of benzene rings is 1. The van der Waals surface area contributed by atoms with Crippen LogP contribution in [0.5, 0.6) is 0 Å². The van der Waals surface area contributed by atoms with Gasteiger partial charge in [0.1, 0.15) is 5.17 Å². The number of anilines is 1. The maximum Gasteiger partial charge on any atom is 0.225 e. The van der Waals surface area contributed by atoms with Crippen molar-refractivity contribution in [1.29, 1.82) is 5.41 Å². The van der Waals surface area contributed by atoms with Crippen LogP contribution in [0.4, 0.5) is 5.69 Å². The molecule has 4 nitrogen and oxygen atoms in total.